The molecular weight excluding hydrogens is 699 g/mol. The summed E-state index contributed by atoms with van der Waals surface area (Å²) >= 11 is 0. The minimum absolute atomic E-state index is 0.869. The summed E-state index contributed by atoms with van der Waals surface area (Å²) in [5.74, 6) is 5.47. The van der Waals surface area contributed by atoms with E-state index < -0.39 is 0 Å². The van der Waals surface area contributed by atoms with Crippen molar-refractivity contribution < 1.29 is 0 Å². The van der Waals surface area contributed by atoms with Gasteiger partial charge in [0.1, 0.15) is 0 Å². The van der Waals surface area contributed by atoms with Crippen molar-refractivity contribution in [2.24, 2.45) is 0 Å². The molecule has 0 radical (unpaired) electrons. The number of rotatable bonds is 5. The van der Waals surface area contributed by atoms with Crippen molar-refractivity contribution in [2.75, 3.05) is 0 Å². The summed E-state index contributed by atoms with van der Waals surface area (Å²) in [6.45, 7) is 0. The van der Waals surface area contributed by atoms with Crippen LogP contribution in [0, 0.1) is 24.7 Å². The zero-order valence-electron chi connectivity index (χ0n) is 31.5. The molecule has 8 aromatic carbocycles. The molecule has 0 amide bonds. The van der Waals surface area contributed by atoms with Crippen molar-refractivity contribution in [3.8, 4) is 35.8 Å². The Morgan fingerprint density at radius 2 is 0.879 bits per heavy atom. The minimum atomic E-state index is 0.869. The van der Waals surface area contributed by atoms with Crippen molar-refractivity contribution in [1.82, 2.24) is 4.98 Å². The number of hydrogen-bond donors (Lipinski definition) is 0. The average Bonchev–Trinajstić information content (AvgIpc) is 3.84. The van der Waals surface area contributed by atoms with Crippen LogP contribution in [0.1, 0.15) is 55.9 Å². The summed E-state index contributed by atoms with van der Waals surface area (Å²) in [5, 5.41) is 7.59. The molecule has 11 rings (SSSR count). The van der Waals surface area contributed by atoms with Gasteiger partial charge < -0.3 is 0 Å². The maximum atomic E-state index is 5.67. The van der Waals surface area contributed by atoms with Gasteiger partial charge in [-0.2, -0.15) is 0 Å². The molecule has 2 aliphatic rings. The second kappa shape index (κ2) is 13.4. The van der Waals surface area contributed by atoms with Gasteiger partial charge in [0.05, 0.1) is 11.4 Å². The van der Waals surface area contributed by atoms with Crippen molar-refractivity contribution in [3.05, 3.63) is 232 Å². The SMILES string of the molecule is C#Cc1ccc(/C=C2/C=C(c3cc(-c4ccc5ccc6cccc7ccc4c5c67)cc(C4=C/C(=C/c5ccc(C#C)cc5)c5ccccc54)n3)c3ccccc32)cc1. The Kier molecular flexibility index (Phi) is 7.68. The van der Waals surface area contributed by atoms with E-state index in [4.69, 9.17) is 17.8 Å². The monoisotopic (exact) mass is 731 g/mol. The standard InChI is InChI=1S/C57H33N/c1-3-36-16-20-38(21-17-36)30-43-32-52(49-14-7-5-12-46(43)49)54-34-45(48-28-26-42-25-24-40-10-9-11-41-27-29-51(48)57(42)56(40)41)35-55(58-54)53-33-44(47-13-6-8-15-50(47)53)31-39-22-18-37(4-2)19-23-39/h1-2,5-35H/b43-30-,44-31-. The van der Waals surface area contributed by atoms with Gasteiger partial charge in [0.15, 0.2) is 0 Å². The molecule has 0 N–H and O–H groups in total. The molecule has 1 heteroatoms. The zero-order valence-corrected chi connectivity index (χ0v) is 31.5. The molecule has 0 fully saturated rings. The molecule has 0 saturated heterocycles. The summed E-state index contributed by atoms with van der Waals surface area (Å²) in [4.78, 5) is 5.58. The molecule has 2 aliphatic carbocycles. The molecule has 0 bridgehead atoms. The molecule has 58 heavy (non-hydrogen) atoms. The van der Waals surface area contributed by atoms with E-state index in [0.29, 0.717) is 0 Å². The summed E-state index contributed by atoms with van der Waals surface area (Å²) in [6.07, 6.45) is 20.4. The Morgan fingerprint density at radius 3 is 1.40 bits per heavy atom. The largest absolute Gasteiger partial charge is 0.248 e. The molecule has 0 unspecified atom stereocenters. The zero-order chi connectivity index (χ0) is 38.7. The number of hydrogen-bond acceptors (Lipinski definition) is 1. The minimum Gasteiger partial charge on any atom is -0.248 e. The van der Waals surface area contributed by atoms with E-state index in [9.17, 15) is 0 Å². The number of aromatic nitrogens is 1. The van der Waals surface area contributed by atoms with Gasteiger partial charge in [-0.25, -0.2) is 4.98 Å². The maximum Gasteiger partial charge on any atom is 0.0722 e. The molecule has 0 spiro atoms. The van der Waals surface area contributed by atoms with Crippen LogP contribution < -0.4 is 0 Å². The lowest BCUT2D eigenvalue weighted by atomic mass is 9.89. The normalized spacial score (nSPS) is 14.4. The number of nitrogens with zero attached hydrogens (tertiary/aromatic N) is 1. The Morgan fingerprint density at radius 1 is 0.414 bits per heavy atom. The average molecular weight is 732 g/mol. The van der Waals surface area contributed by atoms with E-state index in [1.165, 1.54) is 49.0 Å². The van der Waals surface area contributed by atoms with Gasteiger partial charge in [0.25, 0.3) is 0 Å². The molecule has 1 aromatic heterocycles. The summed E-state index contributed by atoms with van der Waals surface area (Å²) in [5.41, 5.74) is 17.3. The van der Waals surface area contributed by atoms with Gasteiger partial charge in [0, 0.05) is 22.3 Å². The van der Waals surface area contributed by atoms with E-state index >= 15 is 0 Å². The molecule has 0 atom stereocenters. The molecular formula is C57H33N. The molecule has 9 aromatic rings. The van der Waals surface area contributed by atoms with E-state index in [0.717, 1.165) is 72.6 Å². The van der Waals surface area contributed by atoms with Crippen LogP contribution in [0.3, 0.4) is 0 Å². The highest BCUT2D eigenvalue weighted by Gasteiger charge is 2.25. The van der Waals surface area contributed by atoms with Crippen molar-refractivity contribution in [2.45, 2.75) is 0 Å². The van der Waals surface area contributed by atoms with Gasteiger partial charge in [0.2, 0.25) is 0 Å². The number of benzene rings is 8. The van der Waals surface area contributed by atoms with Crippen LogP contribution in [0.2, 0.25) is 0 Å². The second-order valence-corrected chi connectivity index (χ2v) is 15.0. The van der Waals surface area contributed by atoms with Gasteiger partial charge in [-0.05, 0) is 149 Å². The number of terminal acetylenes is 2. The lowest BCUT2D eigenvalue weighted by Crippen LogP contribution is -1.99. The quantitative estimate of drug-likeness (QED) is 0.127. The highest BCUT2D eigenvalue weighted by molar-refractivity contribution is 6.25. The van der Waals surface area contributed by atoms with Crippen LogP contribution in [-0.4, -0.2) is 4.98 Å². The van der Waals surface area contributed by atoms with Crippen LogP contribution in [0.15, 0.2) is 176 Å². The van der Waals surface area contributed by atoms with Crippen molar-refractivity contribution >= 4 is 66.8 Å². The van der Waals surface area contributed by atoms with Gasteiger partial charge in [-0.1, -0.05) is 139 Å². The van der Waals surface area contributed by atoms with Gasteiger partial charge in [-0.15, -0.1) is 12.8 Å². The predicted octanol–water partition coefficient (Wildman–Crippen LogP) is 13.6. The first-order valence-corrected chi connectivity index (χ1v) is 19.5. The van der Waals surface area contributed by atoms with Crippen LogP contribution in [0.25, 0.3) is 77.9 Å². The number of fused-ring (bicyclic) bond motifs is 2. The number of allylic oxidation sites excluding steroid dienone is 4. The highest BCUT2D eigenvalue weighted by atomic mass is 14.7. The third-order valence-corrected chi connectivity index (χ3v) is 11.7. The fourth-order valence-electron chi connectivity index (χ4n) is 8.88. The first-order chi connectivity index (χ1) is 28.6. The van der Waals surface area contributed by atoms with Crippen molar-refractivity contribution in [3.63, 3.8) is 0 Å². The maximum absolute atomic E-state index is 5.67. The fourth-order valence-corrected chi connectivity index (χ4v) is 8.88. The van der Waals surface area contributed by atoms with Gasteiger partial charge >= 0.3 is 0 Å². The molecule has 0 aliphatic heterocycles. The first-order valence-electron chi connectivity index (χ1n) is 19.5. The lowest BCUT2D eigenvalue weighted by Gasteiger charge is -2.16. The molecule has 266 valence electrons. The highest BCUT2D eigenvalue weighted by Crippen LogP contribution is 2.45. The van der Waals surface area contributed by atoms with Crippen LogP contribution in [0.5, 0.6) is 0 Å². The van der Waals surface area contributed by atoms with Crippen LogP contribution in [-0.2, 0) is 0 Å². The smallest absolute Gasteiger partial charge is 0.0722 e. The third kappa shape index (κ3) is 5.50. The number of pyridine rings is 1. The van der Waals surface area contributed by atoms with E-state index in [1.807, 2.05) is 24.3 Å². The molecule has 0 saturated carbocycles. The third-order valence-electron chi connectivity index (χ3n) is 11.7. The fraction of sp³-hybridized carbons (Fsp3) is 0. The molecule has 1 nitrogen and oxygen atoms in total. The van der Waals surface area contributed by atoms with Crippen LogP contribution >= 0.6 is 0 Å². The lowest BCUT2D eigenvalue weighted by molar-refractivity contribution is 1.23. The second-order valence-electron chi connectivity index (χ2n) is 15.0. The summed E-state index contributed by atoms with van der Waals surface area (Å²) in [6, 6.07) is 58.4. The molecule has 1 heterocycles. The summed E-state index contributed by atoms with van der Waals surface area (Å²) < 4.78 is 0. The topological polar surface area (TPSA) is 12.9 Å². The Balaban J connectivity index is 1.14. The van der Waals surface area contributed by atoms with E-state index in [2.05, 4.69) is 176 Å². The Hall–Kier alpha value is -7.97. The van der Waals surface area contributed by atoms with E-state index in [-0.39, 0.29) is 0 Å². The first kappa shape index (κ1) is 33.4. The van der Waals surface area contributed by atoms with Gasteiger partial charge in [-0.3, -0.25) is 0 Å². The van der Waals surface area contributed by atoms with Crippen molar-refractivity contribution in [1.29, 1.82) is 0 Å². The summed E-state index contributed by atoms with van der Waals surface area (Å²) in [7, 11) is 0. The Labute approximate surface area is 338 Å². The Bertz CT molecular complexity index is 3200. The van der Waals surface area contributed by atoms with E-state index in [1.54, 1.807) is 0 Å². The van der Waals surface area contributed by atoms with Crippen LogP contribution in [0.4, 0.5) is 0 Å². The predicted molar refractivity (Wildman–Crippen MR) is 245 cm³/mol.